The van der Waals surface area contributed by atoms with E-state index in [1.807, 2.05) is 0 Å². The SMILES string of the molecule is O=C(O)c1c(OC(F)(F)F)cc(C(F)F)[nH]c1=O. The van der Waals surface area contributed by atoms with Crippen molar-refractivity contribution < 1.29 is 36.6 Å². The molecule has 10 heteroatoms. The van der Waals surface area contributed by atoms with E-state index in [0.717, 1.165) is 0 Å². The number of halogens is 5. The zero-order valence-corrected chi connectivity index (χ0v) is 8.22. The molecule has 1 aromatic heterocycles. The highest BCUT2D eigenvalue weighted by molar-refractivity contribution is 5.90. The molecular formula is C8H4F5NO4. The lowest BCUT2D eigenvalue weighted by Crippen LogP contribution is -2.25. The van der Waals surface area contributed by atoms with Gasteiger partial charge in [-0.3, -0.25) is 4.79 Å². The molecule has 0 atom stereocenters. The first kappa shape index (κ1) is 13.9. The molecular weight excluding hydrogens is 269 g/mol. The molecule has 0 aliphatic rings. The normalized spacial score (nSPS) is 11.7. The van der Waals surface area contributed by atoms with Crippen LogP contribution in [0.3, 0.4) is 0 Å². The molecule has 0 saturated heterocycles. The van der Waals surface area contributed by atoms with Crippen molar-refractivity contribution in [2.75, 3.05) is 0 Å². The Morgan fingerprint density at radius 1 is 1.39 bits per heavy atom. The van der Waals surface area contributed by atoms with Crippen molar-refractivity contribution in [3.63, 3.8) is 0 Å². The largest absolute Gasteiger partial charge is 0.573 e. The van der Waals surface area contributed by atoms with Crippen molar-refractivity contribution >= 4 is 5.97 Å². The number of hydrogen-bond donors (Lipinski definition) is 2. The maximum atomic E-state index is 12.2. The quantitative estimate of drug-likeness (QED) is 0.824. The first-order valence-electron chi connectivity index (χ1n) is 4.16. The summed E-state index contributed by atoms with van der Waals surface area (Å²) >= 11 is 0. The van der Waals surface area contributed by atoms with E-state index < -0.39 is 41.3 Å². The van der Waals surface area contributed by atoms with E-state index in [1.54, 1.807) is 0 Å². The van der Waals surface area contributed by atoms with Crippen LogP contribution in [0.2, 0.25) is 0 Å². The van der Waals surface area contributed by atoms with Crippen molar-refractivity contribution in [3.8, 4) is 5.75 Å². The number of aromatic carboxylic acids is 1. The summed E-state index contributed by atoms with van der Waals surface area (Å²) in [5.74, 6) is -3.52. The van der Waals surface area contributed by atoms with E-state index in [9.17, 15) is 31.5 Å². The summed E-state index contributed by atoms with van der Waals surface area (Å²) < 4.78 is 63.5. The second kappa shape index (κ2) is 4.63. The lowest BCUT2D eigenvalue weighted by molar-refractivity contribution is -0.274. The average molecular weight is 273 g/mol. The third-order valence-corrected chi connectivity index (χ3v) is 1.69. The molecule has 2 N–H and O–H groups in total. The highest BCUT2D eigenvalue weighted by Gasteiger charge is 2.34. The van der Waals surface area contributed by atoms with Gasteiger partial charge in [0.25, 0.3) is 12.0 Å². The summed E-state index contributed by atoms with van der Waals surface area (Å²) in [4.78, 5) is 23.1. The smallest absolute Gasteiger partial charge is 0.477 e. The maximum Gasteiger partial charge on any atom is 0.573 e. The van der Waals surface area contributed by atoms with Gasteiger partial charge in [-0.05, 0) is 0 Å². The molecule has 0 amide bonds. The van der Waals surface area contributed by atoms with Gasteiger partial charge >= 0.3 is 12.3 Å². The van der Waals surface area contributed by atoms with Crippen LogP contribution >= 0.6 is 0 Å². The second-order valence-corrected chi connectivity index (χ2v) is 2.95. The lowest BCUT2D eigenvalue weighted by Gasteiger charge is -2.11. The van der Waals surface area contributed by atoms with E-state index in [4.69, 9.17) is 5.11 Å². The Kier molecular flexibility index (Phi) is 3.58. The summed E-state index contributed by atoms with van der Waals surface area (Å²) in [7, 11) is 0. The zero-order chi connectivity index (χ0) is 14.1. The predicted molar refractivity (Wildman–Crippen MR) is 45.7 cm³/mol. The standard InChI is InChI=1S/C8H4F5NO4/c9-5(10)2-1-3(18-8(11,12)13)4(7(16)17)6(15)14-2/h1,5H,(H,14,15)(H,16,17). The van der Waals surface area contributed by atoms with Crippen LogP contribution in [0.5, 0.6) is 5.75 Å². The first-order chi connectivity index (χ1) is 8.11. The van der Waals surface area contributed by atoms with E-state index >= 15 is 0 Å². The number of alkyl halides is 5. The summed E-state index contributed by atoms with van der Waals surface area (Å²) in [6.45, 7) is 0. The van der Waals surface area contributed by atoms with E-state index in [1.165, 1.54) is 4.98 Å². The Bertz CT molecular complexity index is 521. The fourth-order valence-electron chi connectivity index (χ4n) is 1.08. The number of pyridine rings is 1. The Balaban J connectivity index is 3.43. The molecule has 0 aromatic carbocycles. The Morgan fingerprint density at radius 3 is 2.33 bits per heavy atom. The summed E-state index contributed by atoms with van der Waals surface area (Å²) in [5.41, 5.74) is -4.19. The molecule has 5 nitrogen and oxygen atoms in total. The summed E-state index contributed by atoms with van der Waals surface area (Å²) in [6, 6.07) is 0.114. The van der Waals surface area contributed by atoms with Crippen LogP contribution in [0.1, 0.15) is 22.5 Å². The summed E-state index contributed by atoms with van der Waals surface area (Å²) in [5, 5.41) is 8.52. The van der Waals surface area contributed by atoms with E-state index in [-0.39, 0.29) is 6.07 Å². The highest BCUT2D eigenvalue weighted by Crippen LogP contribution is 2.27. The Hall–Kier alpha value is -2.13. The van der Waals surface area contributed by atoms with E-state index in [2.05, 4.69) is 4.74 Å². The van der Waals surface area contributed by atoms with Gasteiger partial charge in [-0.15, -0.1) is 13.2 Å². The molecule has 0 radical (unpaired) electrons. The van der Waals surface area contributed by atoms with Gasteiger partial charge in [0.05, 0.1) is 5.69 Å². The molecule has 0 bridgehead atoms. The number of carbonyl (C=O) groups is 1. The number of carboxylic acids is 1. The zero-order valence-electron chi connectivity index (χ0n) is 8.22. The molecule has 0 unspecified atom stereocenters. The molecule has 0 saturated carbocycles. The number of hydrogen-bond acceptors (Lipinski definition) is 3. The van der Waals surface area contributed by atoms with Gasteiger partial charge in [0.1, 0.15) is 0 Å². The van der Waals surface area contributed by atoms with Crippen molar-refractivity contribution in [1.29, 1.82) is 0 Å². The van der Waals surface area contributed by atoms with Crippen molar-refractivity contribution in [1.82, 2.24) is 4.98 Å². The van der Waals surface area contributed by atoms with Crippen molar-refractivity contribution in [3.05, 3.63) is 27.7 Å². The number of nitrogens with one attached hydrogen (secondary N) is 1. The van der Waals surface area contributed by atoms with Crippen LogP contribution < -0.4 is 10.3 Å². The summed E-state index contributed by atoms with van der Waals surface area (Å²) in [6.07, 6.45) is -8.59. The third-order valence-electron chi connectivity index (χ3n) is 1.69. The third kappa shape index (κ3) is 3.18. The van der Waals surface area contributed by atoms with Gasteiger partial charge in [0, 0.05) is 6.07 Å². The number of ether oxygens (including phenoxy) is 1. The molecule has 100 valence electrons. The number of H-pyrrole nitrogens is 1. The molecule has 1 aromatic rings. The Morgan fingerprint density at radius 2 is 1.94 bits per heavy atom. The van der Waals surface area contributed by atoms with Gasteiger partial charge in [0.2, 0.25) is 0 Å². The van der Waals surface area contributed by atoms with Gasteiger partial charge in [-0.2, -0.15) is 0 Å². The first-order valence-corrected chi connectivity index (χ1v) is 4.16. The molecule has 0 aliphatic carbocycles. The lowest BCUT2D eigenvalue weighted by atomic mass is 10.2. The van der Waals surface area contributed by atoms with Crippen LogP contribution in [-0.2, 0) is 0 Å². The minimum Gasteiger partial charge on any atom is -0.477 e. The topological polar surface area (TPSA) is 79.4 Å². The minimum absolute atomic E-state index is 0.114. The molecule has 18 heavy (non-hydrogen) atoms. The maximum absolute atomic E-state index is 12.2. The number of aromatic nitrogens is 1. The van der Waals surface area contributed by atoms with Gasteiger partial charge in [0.15, 0.2) is 11.3 Å². The van der Waals surface area contributed by atoms with Crippen LogP contribution in [-0.4, -0.2) is 22.4 Å². The van der Waals surface area contributed by atoms with Crippen molar-refractivity contribution in [2.24, 2.45) is 0 Å². The average Bonchev–Trinajstić information content (AvgIpc) is 2.12. The second-order valence-electron chi connectivity index (χ2n) is 2.95. The fourth-order valence-corrected chi connectivity index (χ4v) is 1.08. The fraction of sp³-hybridized carbons (Fsp3) is 0.250. The van der Waals surface area contributed by atoms with Crippen LogP contribution in [0.4, 0.5) is 22.0 Å². The van der Waals surface area contributed by atoms with Crippen LogP contribution in [0, 0.1) is 0 Å². The monoisotopic (exact) mass is 273 g/mol. The number of rotatable bonds is 3. The van der Waals surface area contributed by atoms with Gasteiger partial charge < -0.3 is 14.8 Å². The molecule has 0 aliphatic heterocycles. The Labute approximate surface area is 94.8 Å². The minimum atomic E-state index is -5.31. The predicted octanol–water partition coefficient (Wildman–Crippen LogP) is 1.91. The number of carboxylic acid groups (broad SMARTS) is 1. The number of aromatic amines is 1. The molecule has 0 fully saturated rings. The van der Waals surface area contributed by atoms with Gasteiger partial charge in [-0.25, -0.2) is 13.6 Å². The van der Waals surface area contributed by atoms with Crippen LogP contribution in [0.25, 0.3) is 0 Å². The molecule has 1 heterocycles. The molecule has 1 rings (SSSR count). The molecule has 0 spiro atoms. The highest BCUT2D eigenvalue weighted by atomic mass is 19.4. The van der Waals surface area contributed by atoms with E-state index in [0.29, 0.717) is 0 Å². The van der Waals surface area contributed by atoms with Crippen molar-refractivity contribution in [2.45, 2.75) is 12.8 Å². The van der Waals surface area contributed by atoms with Gasteiger partial charge in [-0.1, -0.05) is 0 Å². The van der Waals surface area contributed by atoms with Crippen LogP contribution in [0.15, 0.2) is 10.9 Å².